The predicted octanol–water partition coefficient (Wildman–Crippen LogP) is 0.484. The van der Waals surface area contributed by atoms with Crippen molar-refractivity contribution in [2.75, 3.05) is 46.2 Å². The second-order valence-corrected chi connectivity index (χ2v) is 8.28. The average molecular weight is 497 g/mol. The highest BCUT2D eigenvalue weighted by molar-refractivity contribution is 5.93. The molecule has 0 fully saturated rings. The number of ketones is 1. The molecular weight excluding hydrogens is 456 g/mol. The summed E-state index contributed by atoms with van der Waals surface area (Å²) < 4.78 is 15.6. The van der Waals surface area contributed by atoms with Gasteiger partial charge in [-0.3, -0.25) is 14.4 Å². The summed E-state index contributed by atoms with van der Waals surface area (Å²) in [4.78, 5) is 48.7. The fourth-order valence-electron chi connectivity index (χ4n) is 3.04. The normalized spacial score (nSPS) is 12.3. The highest BCUT2D eigenvalue weighted by Crippen LogP contribution is 2.16. The second-order valence-electron chi connectivity index (χ2n) is 8.28. The zero-order valence-electron chi connectivity index (χ0n) is 21.0. The van der Waals surface area contributed by atoms with E-state index in [0.717, 1.165) is 0 Å². The lowest BCUT2D eigenvalue weighted by molar-refractivity contribution is -0.134. The van der Waals surface area contributed by atoms with Gasteiger partial charge in [0.15, 0.2) is 5.78 Å². The van der Waals surface area contributed by atoms with Gasteiger partial charge >= 0.3 is 6.03 Å². The highest BCUT2D eigenvalue weighted by Gasteiger charge is 2.29. The molecule has 11 nitrogen and oxygen atoms in total. The summed E-state index contributed by atoms with van der Waals surface area (Å²) in [6.45, 7) is 10.4. The van der Waals surface area contributed by atoms with Crippen LogP contribution in [-0.4, -0.2) is 75.9 Å². The van der Waals surface area contributed by atoms with E-state index in [1.807, 2.05) is 0 Å². The Bertz CT molecular complexity index is 734. The zero-order valence-corrected chi connectivity index (χ0v) is 21.0. The lowest BCUT2D eigenvalue weighted by Crippen LogP contribution is -2.47. The molecule has 0 heterocycles. The van der Waals surface area contributed by atoms with Crippen LogP contribution in [0.25, 0.3) is 0 Å². The van der Waals surface area contributed by atoms with E-state index in [2.05, 4.69) is 28.4 Å². The number of Topliss-reactive ketones (excluding diaryl/α,β-unsaturated/α-hetero) is 1. The van der Waals surface area contributed by atoms with Gasteiger partial charge in [0.25, 0.3) is 0 Å². The molecule has 0 spiro atoms. The first-order valence-electron chi connectivity index (χ1n) is 11.6. The molecule has 5 N–H and O–H groups in total. The van der Waals surface area contributed by atoms with Crippen molar-refractivity contribution in [2.45, 2.75) is 46.1 Å². The Labute approximate surface area is 207 Å². The first-order chi connectivity index (χ1) is 16.6. The van der Waals surface area contributed by atoms with Gasteiger partial charge in [0.05, 0.1) is 32.5 Å². The van der Waals surface area contributed by atoms with Gasteiger partial charge in [-0.15, -0.1) is 6.42 Å². The molecule has 0 saturated heterocycles. The lowest BCUT2D eigenvalue weighted by Gasteiger charge is -2.24. The second kappa shape index (κ2) is 19.4. The molecule has 0 aliphatic heterocycles. The van der Waals surface area contributed by atoms with E-state index in [-0.39, 0.29) is 57.0 Å². The zero-order chi connectivity index (χ0) is 26.6. The Balaban J connectivity index is 4.67. The van der Waals surface area contributed by atoms with Gasteiger partial charge in [-0.05, 0) is 25.7 Å². The predicted molar refractivity (Wildman–Crippen MR) is 131 cm³/mol. The van der Waals surface area contributed by atoms with Gasteiger partial charge < -0.3 is 35.9 Å². The van der Waals surface area contributed by atoms with E-state index in [4.69, 9.17) is 26.4 Å². The van der Waals surface area contributed by atoms with Crippen molar-refractivity contribution >= 4 is 23.6 Å². The van der Waals surface area contributed by atoms with E-state index in [1.54, 1.807) is 20.8 Å². The molecule has 0 aromatic heterocycles. The minimum Gasteiger partial charge on any atom is -0.377 e. The molecule has 0 saturated carbocycles. The van der Waals surface area contributed by atoms with Crippen LogP contribution in [0.3, 0.4) is 0 Å². The summed E-state index contributed by atoms with van der Waals surface area (Å²) in [7, 11) is 0. The number of terminal acetylenes is 1. The number of amides is 4. The average Bonchev–Trinajstić information content (AvgIpc) is 2.77. The topological polar surface area (TPSA) is 158 Å². The molecule has 0 aromatic rings. The lowest BCUT2D eigenvalue weighted by atomic mass is 9.89. The molecule has 0 aliphatic carbocycles. The van der Waals surface area contributed by atoms with Crippen LogP contribution in [0.5, 0.6) is 0 Å². The van der Waals surface area contributed by atoms with Crippen LogP contribution < -0.4 is 21.7 Å². The van der Waals surface area contributed by atoms with Crippen LogP contribution in [0.1, 0.15) is 40.0 Å². The summed E-state index contributed by atoms with van der Waals surface area (Å²) in [5, 5.41) is 7.78. The quantitative estimate of drug-likeness (QED) is 0.141. The van der Waals surface area contributed by atoms with E-state index in [1.165, 1.54) is 0 Å². The van der Waals surface area contributed by atoms with Crippen LogP contribution >= 0.6 is 0 Å². The van der Waals surface area contributed by atoms with E-state index in [0.29, 0.717) is 31.8 Å². The number of hydrogen-bond acceptors (Lipinski definition) is 7. The maximum atomic E-state index is 13.0. The van der Waals surface area contributed by atoms with Crippen LogP contribution in [0, 0.1) is 24.2 Å². The van der Waals surface area contributed by atoms with Crippen LogP contribution in [-0.2, 0) is 28.6 Å². The first kappa shape index (κ1) is 32.1. The number of nitrogens with two attached hydrogens (primary N) is 1. The SMILES string of the molecule is C#CCOCCOCCOCC(=O)N[C@H](C(=O)C[C@@H](CCCNC(N)=O)C(=O)NC(=C)C)C(C)C. The summed E-state index contributed by atoms with van der Waals surface area (Å²) in [6.07, 6.45) is 5.79. The Kier molecular flexibility index (Phi) is 17.7. The fourth-order valence-corrected chi connectivity index (χ4v) is 3.04. The number of allylic oxidation sites excluding steroid dienone is 1. The summed E-state index contributed by atoms with van der Waals surface area (Å²) in [5.41, 5.74) is 5.51. The number of carbonyl (C=O) groups excluding carboxylic acids is 4. The van der Waals surface area contributed by atoms with Crippen LogP contribution in [0.2, 0.25) is 0 Å². The molecule has 0 radical (unpaired) electrons. The Hall–Kier alpha value is -2.94. The van der Waals surface area contributed by atoms with Crippen molar-refractivity contribution in [3.8, 4) is 12.3 Å². The number of rotatable bonds is 20. The molecule has 0 aromatic carbocycles. The minimum atomic E-state index is -0.778. The van der Waals surface area contributed by atoms with Crippen LogP contribution in [0.4, 0.5) is 4.79 Å². The first-order valence-corrected chi connectivity index (χ1v) is 11.6. The fraction of sp³-hybridized carbons (Fsp3) is 0.667. The summed E-state index contributed by atoms with van der Waals surface area (Å²) in [6, 6.07) is -1.44. The van der Waals surface area contributed by atoms with Crippen molar-refractivity contribution in [2.24, 2.45) is 17.6 Å². The smallest absolute Gasteiger partial charge is 0.312 e. The van der Waals surface area contributed by atoms with Gasteiger partial charge in [0.1, 0.15) is 13.2 Å². The van der Waals surface area contributed by atoms with Crippen LogP contribution in [0.15, 0.2) is 12.3 Å². The number of nitrogens with one attached hydrogen (secondary N) is 3. The largest absolute Gasteiger partial charge is 0.377 e. The molecule has 35 heavy (non-hydrogen) atoms. The molecule has 0 bridgehead atoms. The Morgan fingerprint density at radius 3 is 2.26 bits per heavy atom. The third-order valence-electron chi connectivity index (χ3n) is 4.68. The number of carbonyl (C=O) groups is 4. The van der Waals surface area contributed by atoms with Gasteiger partial charge in [0, 0.05) is 24.6 Å². The van der Waals surface area contributed by atoms with Crippen molar-refractivity contribution in [3.63, 3.8) is 0 Å². The van der Waals surface area contributed by atoms with Gasteiger partial charge in [-0.25, -0.2) is 4.79 Å². The van der Waals surface area contributed by atoms with Gasteiger partial charge in [-0.1, -0.05) is 26.3 Å². The molecule has 198 valence electrons. The number of primary amides is 1. The third-order valence-corrected chi connectivity index (χ3v) is 4.68. The molecule has 0 aliphatic rings. The Morgan fingerprint density at radius 1 is 1.06 bits per heavy atom. The van der Waals surface area contributed by atoms with E-state index < -0.39 is 23.9 Å². The summed E-state index contributed by atoms with van der Waals surface area (Å²) >= 11 is 0. The molecule has 0 unspecified atom stereocenters. The van der Waals surface area contributed by atoms with Crippen molar-refractivity contribution in [1.82, 2.24) is 16.0 Å². The molecular formula is C24H40N4O7. The molecule has 4 amide bonds. The van der Waals surface area contributed by atoms with Crippen molar-refractivity contribution in [1.29, 1.82) is 0 Å². The Morgan fingerprint density at radius 2 is 1.69 bits per heavy atom. The van der Waals surface area contributed by atoms with Crippen molar-refractivity contribution < 1.29 is 33.4 Å². The van der Waals surface area contributed by atoms with Gasteiger partial charge in [-0.2, -0.15) is 0 Å². The van der Waals surface area contributed by atoms with E-state index >= 15 is 0 Å². The number of ether oxygens (including phenoxy) is 3. The maximum absolute atomic E-state index is 13.0. The summed E-state index contributed by atoms with van der Waals surface area (Å²) in [5.74, 6) is 0.453. The monoisotopic (exact) mass is 496 g/mol. The standard InChI is InChI=1S/C24H40N4O7/c1-6-10-33-11-12-34-13-14-35-16-21(30)28-22(17(2)3)20(29)15-19(23(31)27-18(4)5)8-7-9-26-24(25)32/h1,17,19,22H,4,7-16H2,2-3,5H3,(H,27,31)(H,28,30)(H3,25,26,32)/t19-,22+/m1/s1. The van der Waals surface area contributed by atoms with Gasteiger partial charge in [0.2, 0.25) is 11.8 Å². The number of hydrogen-bond donors (Lipinski definition) is 4. The van der Waals surface area contributed by atoms with Crippen molar-refractivity contribution in [3.05, 3.63) is 12.3 Å². The third kappa shape index (κ3) is 17.2. The molecule has 0 rings (SSSR count). The maximum Gasteiger partial charge on any atom is 0.312 e. The highest BCUT2D eigenvalue weighted by atomic mass is 16.5. The van der Waals surface area contributed by atoms with E-state index in [9.17, 15) is 19.2 Å². The molecule has 11 heteroatoms. The molecule has 2 atom stereocenters. The minimum absolute atomic E-state index is 0.0742. The number of urea groups is 1.